The molecule has 1 aromatic carbocycles. The number of nitrogens with two attached hydrogens (primary N) is 1. The Morgan fingerprint density at radius 2 is 2.14 bits per heavy atom. The van der Waals surface area contributed by atoms with E-state index >= 15 is 0 Å². The smallest absolute Gasteiger partial charge is 0.239 e. The van der Waals surface area contributed by atoms with Gasteiger partial charge in [0.05, 0.1) is 6.61 Å². The van der Waals surface area contributed by atoms with Gasteiger partial charge in [-0.1, -0.05) is 19.1 Å². The number of carbonyl (C=O) groups excluding carboxylic acids is 1. The molecule has 0 unspecified atom stereocenters. The lowest BCUT2D eigenvalue weighted by Gasteiger charge is -2.16. The minimum absolute atomic E-state index is 0.225. The van der Waals surface area contributed by atoms with Crippen molar-refractivity contribution in [3.8, 4) is 0 Å². The van der Waals surface area contributed by atoms with Crippen LogP contribution in [-0.2, 0) is 11.3 Å². The van der Waals surface area contributed by atoms with E-state index in [0.717, 1.165) is 23.2 Å². The Morgan fingerprint density at radius 1 is 1.32 bits per heavy atom. The van der Waals surface area contributed by atoms with Crippen LogP contribution < -0.4 is 21.7 Å². The highest BCUT2D eigenvalue weighted by Crippen LogP contribution is 2.17. The van der Waals surface area contributed by atoms with Gasteiger partial charge in [-0.2, -0.15) is 4.98 Å². The molecule has 0 spiro atoms. The van der Waals surface area contributed by atoms with Crippen LogP contribution in [0.4, 0.5) is 11.6 Å². The Hall–Kier alpha value is -3.04. The summed E-state index contributed by atoms with van der Waals surface area (Å²) in [6.07, 6.45) is 3.66. The number of carbonyl (C=O) groups is 1. The lowest BCUT2D eigenvalue weighted by Crippen LogP contribution is -2.46. The molecule has 0 bridgehead atoms. The molecule has 0 fully saturated rings. The number of benzene rings is 1. The van der Waals surface area contributed by atoms with Crippen molar-refractivity contribution in [2.24, 2.45) is 5.73 Å². The number of aliphatic hydroxyl groups excluding tert-OH is 1. The van der Waals surface area contributed by atoms with Gasteiger partial charge in [0.1, 0.15) is 12.4 Å². The summed E-state index contributed by atoms with van der Waals surface area (Å²) in [5, 5.41) is 18.3. The largest absolute Gasteiger partial charge is 0.404 e. The van der Waals surface area contributed by atoms with Crippen molar-refractivity contribution in [1.29, 1.82) is 0 Å². The number of hydrogen-bond donors (Lipinski definition) is 5. The number of nitrogens with one attached hydrogen (secondary N) is 3. The fraction of sp³-hybridized carbons (Fsp3) is 0.368. The predicted octanol–water partition coefficient (Wildman–Crippen LogP) is 0.911. The third-order valence-electron chi connectivity index (χ3n) is 4.03. The molecule has 2 rings (SSSR count). The van der Waals surface area contributed by atoms with E-state index in [9.17, 15) is 9.90 Å². The second-order valence-corrected chi connectivity index (χ2v) is 6.01. The summed E-state index contributed by atoms with van der Waals surface area (Å²) in [5.41, 5.74) is 8.19. The molecular weight excluding hydrogens is 358 g/mol. The number of likely N-dealkylation sites (N-methyl/N-ethyl adjacent to an activating group) is 1. The number of rotatable bonds is 10. The van der Waals surface area contributed by atoms with Gasteiger partial charge in [0.25, 0.3) is 0 Å². The topological polar surface area (TPSA) is 138 Å². The standard InChI is InChI=1S/C19H27N7O2/c1-3-14(9-20)17-23-12-24-19(26-17)25-15-7-5-6-13(8-15)10-22-16(11-27)18(28)21-4-2/h5-9,12,16,22,27H,3-4,10-11,20H2,1-2H3,(H,21,28)(H,23,24,25,26)/b14-9+/t16-/m0/s1. The highest BCUT2D eigenvalue weighted by molar-refractivity contribution is 5.81. The SMILES string of the molecule is CCNC(=O)[C@H](CO)NCc1cccc(Nc2ncnc(/C(=C/N)CC)n2)c1. The van der Waals surface area contributed by atoms with Crippen LogP contribution in [0, 0.1) is 0 Å². The lowest BCUT2D eigenvalue weighted by atomic mass is 10.2. The van der Waals surface area contributed by atoms with Crippen molar-refractivity contribution in [1.82, 2.24) is 25.6 Å². The Labute approximate surface area is 164 Å². The Kier molecular flexibility index (Phi) is 8.32. The van der Waals surface area contributed by atoms with E-state index in [2.05, 4.69) is 30.9 Å². The molecular formula is C19H27N7O2. The second kappa shape index (κ2) is 11.0. The minimum Gasteiger partial charge on any atom is -0.404 e. The summed E-state index contributed by atoms with van der Waals surface area (Å²) in [7, 11) is 0. The first-order chi connectivity index (χ1) is 13.6. The minimum atomic E-state index is -0.654. The van der Waals surface area contributed by atoms with E-state index in [1.807, 2.05) is 38.1 Å². The maximum atomic E-state index is 11.9. The van der Waals surface area contributed by atoms with Gasteiger partial charge in [-0.3, -0.25) is 10.1 Å². The third kappa shape index (κ3) is 6.00. The van der Waals surface area contributed by atoms with Gasteiger partial charge >= 0.3 is 0 Å². The number of allylic oxidation sites excluding steroid dienone is 1. The molecule has 9 nitrogen and oxygen atoms in total. The molecule has 2 aromatic rings. The molecule has 9 heteroatoms. The van der Waals surface area contributed by atoms with Crippen molar-refractivity contribution in [2.75, 3.05) is 18.5 Å². The van der Waals surface area contributed by atoms with Crippen molar-refractivity contribution >= 4 is 23.1 Å². The molecule has 0 saturated carbocycles. The third-order valence-corrected chi connectivity index (χ3v) is 4.03. The first kappa shape index (κ1) is 21.3. The van der Waals surface area contributed by atoms with Crippen molar-refractivity contribution in [3.63, 3.8) is 0 Å². The molecule has 6 N–H and O–H groups in total. The molecule has 0 radical (unpaired) electrons. The van der Waals surface area contributed by atoms with E-state index in [-0.39, 0.29) is 12.5 Å². The quantitative estimate of drug-likeness (QED) is 0.407. The van der Waals surface area contributed by atoms with Gasteiger partial charge in [0, 0.05) is 30.5 Å². The van der Waals surface area contributed by atoms with Crippen LogP contribution in [0.2, 0.25) is 0 Å². The Bertz CT molecular complexity index is 810. The zero-order valence-corrected chi connectivity index (χ0v) is 16.1. The predicted molar refractivity (Wildman–Crippen MR) is 108 cm³/mol. The van der Waals surface area contributed by atoms with Crippen LogP contribution in [0.5, 0.6) is 0 Å². The van der Waals surface area contributed by atoms with E-state index in [0.29, 0.717) is 24.9 Å². The van der Waals surface area contributed by atoms with Crippen LogP contribution in [0.3, 0.4) is 0 Å². The maximum absolute atomic E-state index is 11.9. The van der Waals surface area contributed by atoms with Gasteiger partial charge in [0.2, 0.25) is 11.9 Å². The summed E-state index contributed by atoms with van der Waals surface area (Å²) < 4.78 is 0. The van der Waals surface area contributed by atoms with E-state index < -0.39 is 6.04 Å². The normalized spacial score (nSPS) is 12.5. The number of aliphatic hydroxyl groups is 1. The zero-order chi connectivity index (χ0) is 20.4. The highest BCUT2D eigenvalue weighted by atomic mass is 16.3. The van der Waals surface area contributed by atoms with Gasteiger partial charge in [-0.25, -0.2) is 9.97 Å². The fourth-order valence-electron chi connectivity index (χ4n) is 2.53. The summed E-state index contributed by atoms with van der Waals surface area (Å²) in [5.74, 6) is 0.725. The maximum Gasteiger partial charge on any atom is 0.239 e. The molecule has 0 aliphatic carbocycles. The fourth-order valence-corrected chi connectivity index (χ4v) is 2.53. The molecule has 0 saturated heterocycles. The van der Waals surface area contributed by atoms with Gasteiger partial charge in [-0.05, 0) is 31.0 Å². The highest BCUT2D eigenvalue weighted by Gasteiger charge is 2.15. The number of hydrogen-bond acceptors (Lipinski definition) is 8. The number of aromatic nitrogens is 3. The van der Waals surface area contributed by atoms with Gasteiger partial charge in [0.15, 0.2) is 5.82 Å². The Morgan fingerprint density at radius 3 is 2.82 bits per heavy atom. The van der Waals surface area contributed by atoms with Crippen LogP contribution in [-0.4, -0.2) is 45.2 Å². The summed E-state index contributed by atoms with van der Waals surface area (Å²) in [4.78, 5) is 24.5. The molecule has 1 aromatic heterocycles. The van der Waals surface area contributed by atoms with Crippen LogP contribution >= 0.6 is 0 Å². The van der Waals surface area contributed by atoms with Gasteiger partial charge in [-0.15, -0.1) is 0 Å². The Balaban J connectivity index is 2.05. The summed E-state index contributed by atoms with van der Waals surface area (Å²) in [6, 6.07) is 6.97. The van der Waals surface area contributed by atoms with Gasteiger partial charge < -0.3 is 21.5 Å². The van der Waals surface area contributed by atoms with Crippen LogP contribution in [0.25, 0.3) is 5.57 Å². The average molecular weight is 385 g/mol. The molecule has 0 aliphatic rings. The number of anilines is 2. The molecule has 1 amide bonds. The van der Waals surface area contributed by atoms with E-state index in [1.165, 1.54) is 12.5 Å². The molecule has 28 heavy (non-hydrogen) atoms. The van der Waals surface area contributed by atoms with Crippen LogP contribution in [0.15, 0.2) is 36.8 Å². The average Bonchev–Trinajstić information content (AvgIpc) is 2.70. The van der Waals surface area contributed by atoms with Crippen molar-refractivity contribution in [2.45, 2.75) is 32.9 Å². The number of amides is 1. The monoisotopic (exact) mass is 385 g/mol. The summed E-state index contributed by atoms with van der Waals surface area (Å²) >= 11 is 0. The first-order valence-electron chi connectivity index (χ1n) is 9.19. The second-order valence-electron chi connectivity index (χ2n) is 6.01. The lowest BCUT2D eigenvalue weighted by molar-refractivity contribution is -0.124. The number of nitrogens with zero attached hydrogens (tertiary/aromatic N) is 3. The van der Waals surface area contributed by atoms with Crippen LogP contribution in [0.1, 0.15) is 31.7 Å². The molecule has 1 heterocycles. The van der Waals surface area contributed by atoms with E-state index in [1.54, 1.807) is 0 Å². The summed E-state index contributed by atoms with van der Waals surface area (Å²) in [6.45, 7) is 4.48. The molecule has 0 aliphatic heterocycles. The zero-order valence-electron chi connectivity index (χ0n) is 16.1. The van der Waals surface area contributed by atoms with Crippen molar-refractivity contribution in [3.05, 3.63) is 48.2 Å². The van der Waals surface area contributed by atoms with E-state index in [4.69, 9.17) is 5.73 Å². The van der Waals surface area contributed by atoms with Crippen molar-refractivity contribution < 1.29 is 9.90 Å². The molecule has 1 atom stereocenters. The molecule has 150 valence electrons. The first-order valence-corrected chi connectivity index (χ1v) is 9.19.